The van der Waals surface area contributed by atoms with Crippen LogP contribution in [0.1, 0.15) is 30.1 Å². The SMILES string of the molecule is Cc1nc(CN(C)c2cnccc2CNC(C)C)cs1. The molecule has 0 bridgehead atoms. The van der Waals surface area contributed by atoms with Gasteiger partial charge in [-0.05, 0) is 18.6 Å². The molecule has 0 saturated carbocycles. The van der Waals surface area contributed by atoms with Gasteiger partial charge in [-0.3, -0.25) is 4.98 Å². The van der Waals surface area contributed by atoms with E-state index in [0.717, 1.165) is 29.5 Å². The monoisotopic (exact) mass is 290 g/mol. The summed E-state index contributed by atoms with van der Waals surface area (Å²) in [5, 5.41) is 6.69. The molecule has 2 aromatic heterocycles. The van der Waals surface area contributed by atoms with E-state index in [9.17, 15) is 0 Å². The second-order valence-electron chi connectivity index (χ2n) is 5.25. The number of aryl methyl sites for hydroxylation is 1. The minimum Gasteiger partial charge on any atom is -0.367 e. The van der Waals surface area contributed by atoms with Crippen LogP contribution in [0.25, 0.3) is 0 Å². The third kappa shape index (κ3) is 4.02. The first-order chi connectivity index (χ1) is 9.56. The van der Waals surface area contributed by atoms with E-state index in [1.165, 1.54) is 5.56 Å². The molecule has 2 rings (SSSR count). The minimum atomic E-state index is 0.475. The van der Waals surface area contributed by atoms with Crippen molar-refractivity contribution in [1.82, 2.24) is 15.3 Å². The Morgan fingerprint density at radius 3 is 2.85 bits per heavy atom. The van der Waals surface area contributed by atoms with Crippen molar-refractivity contribution in [2.24, 2.45) is 0 Å². The van der Waals surface area contributed by atoms with Crippen LogP contribution in [0.4, 0.5) is 5.69 Å². The molecule has 0 atom stereocenters. The molecule has 0 spiro atoms. The number of rotatable bonds is 6. The van der Waals surface area contributed by atoms with Gasteiger partial charge in [0.2, 0.25) is 0 Å². The molecule has 0 aliphatic heterocycles. The Labute approximate surface area is 124 Å². The van der Waals surface area contributed by atoms with E-state index in [0.29, 0.717) is 6.04 Å². The van der Waals surface area contributed by atoms with Gasteiger partial charge in [0, 0.05) is 31.2 Å². The summed E-state index contributed by atoms with van der Waals surface area (Å²) in [7, 11) is 2.09. The third-order valence-electron chi connectivity index (χ3n) is 3.07. The molecule has 2 aromatic rings. The van der Waals surface area contributed by atoms with Gasteiger partial charge in [0.05, 0.1) is 29.1 Å². The number of pyridine rings is 1. The van der Waals surface area contributed by atoms with Gasteiger partial charge in [0.15, 0.2) is 0 Å². The highest BCUT2D eigenvalue weighted by Gasteiger charge is 2.10. The van der Waals surface area contributed by atoms with E-state index in [2.05, 4.69) is 52.5 Å². The molecule has 108 valence electrons. The fourth-order valence-corrected chi connectivity index (χ4v) is 2.64. The largest absolute Gasteiger partial charge is 0.367 e. The van der Waals surface area contributed by atoms with Gasteiger partial charge in [-0.2, -0.15) is 0 Å². The van der Waals surface area contributed by atoms with Crippen LogP contribution in [0.5, 0.6) is 0 Å². The first-order valence-electron chi connectivity index (χ1n) is 6.84. The van der Waals surface area contributed by atoms with E-state index in [1.54, 1.807) is 11.3 Å². The van der Waals surface area contributed by atoms with Crippen molar-refractivity contribution in [2.75, 3.05) is 11.9 Å². The topological polar surface area (TPSA) is 41.1 Å². The van der Waals surface area contributed by atoms with E-state index in [1.807, 2.05) is 19.3 Å². The van der Waals surface area contributed by atoms with Gasteiger partial charge in [-0.25, -0.2) is 4.98 Å². The zero-order valence-electron chi connectivity index (χ0n) is 12.6. The first-order valence-corrected chi connectivity index (χ1v) is 7.72. The summed E-state index contributed by atoms with van der Waals surface area (Å²) in [6.07, 6.45) is 3.78. The quantitative estimate of drug-likeness (QED) is 0.888. The summed E-state index contributed by atoms with van der Waals surface area (Å²) in [4.78, 5) is 11.0. The number of hydrogen-bond donors (Lipinski definition) is 1. The highest BCUT2D eigenvalue weighted by atomic mass is 32.1. The van der Waals surface area contributed by atoms with Crippen LogP contribution < -0.4 is 10.2 Å². The minimum absolute atomic E-state index is 0.475. The lowest BCUT2D eigenvalue weighted by Crippen LogP contribution is -2.24. The van der Waals surface area contributed by atoms with Gasteiger partial charge in [0.1, 0.15) is 0 Å². The number of aromatic nitrogens is 2. The molecule has 0 aromatic carbocycles. The maximum atomic E-state index is 4.52. The molecule has 0 radical (unpaired) electrons. The van der Waals surface area contributed by atoms with E-state index < -0.39 is 0 Å². The highest BCUT2D eigenvalue weighted by molar-refractivity contribution is 7.09. The van der Waals surface area contributed by atoms with Crippen LogP contribution in [0, 0.1) is 6.92 Å². The lowest BCUT2D eigenvalue weighted by molar-refractivity contribution is 0.588. The van der Waals surface area contributed by atoms with Gasteiger partial charge < -0.3 is 10.2 Å². The van der Waals surface area contributed by atoms with Crippen molar-refractivity contribution < 1.29 is 0 Å². The molecule has 4 nitrogen and oxygen atoms in total. The number of nitrogens with zero attached hydrogens (tertiary/aromatic N) is 3. The molecule has 0 aliphatic carbocycles. The summed E-state index contributed by atoms with van der Waals surface area (Å²) < 4.78 is 0. The summed E-state index contributed by atoms with van der Waals surface area (Å²) in [6.45, 7) is 8.02. The molecule has 0 fully saturated rings. The molecule has 0 saturated heterocycles. The number of nitrogens with one attached hydrogen (secondary N) is 1. The van der Waals surface area contributed by atoms with Gasteiger partial charge in [-0.15, -0.1) is 11.3 Å². The lowest BCUT2D eigenvalue weighted by Gasteiger charge is -2.21. The number of anilines is 1. The maximum absolute atomic E-state index is 4.52. The Balaban J connectivity index is 2.10. The normalized spacial score (nSPS) is 11.1. The van der Waals surface area contributed by atoms with Crippen molar-refractivity contribution >= 4 is 17.0 Å². The lowest BCUT2D eigenvalue weighted by atomic mass is 10.2. The van der Waals surface area contributed by atoms with E-state index in [4.69, 9.17) is 0 Å². The number of thiazole rings is 1. The molecule has 20 heavy (non-hydrogen) atoms. The van der Waals surface area contributed by atoms with Crippen LogP contribution in [-0.4, -0.2) is 23.1 Å². The first kappa shape index (κ1) is 14.9. The second kappa shape index (κ2) is 6.81. The standard InChI is InChI=1S/C15H22N4S/c1-11(2)17-7-13-5-6-16-8-15(13)19(4)9-14-10-20-12(3)18-14/h5-6,8,10-11,17H,7,9H2,1-4H3. The summed E-state index contributed by atoms with van der Waals surface area (Å²) in [5.74, 6) is 0. The molecule has 0 unspecified atom stereocenters. The molecule has 2 heterocycles. The molecular formula is C15H22N4S. The molecule has 5 heteroatoms. The molecule has 0 aliphatic rings. The van der Waals surface area contributed by atoms with Crippen molar-refractivity contribution in [3.8, 4) is 0 Å². The number of hydrogen-bond acceptors (Lipinski definition) is 5. The van der Waals surface area contributed by atoms with Crippen molar-refractivity contribution in [3.05, 3.63) is 40.1 Å². The average Bonchev–Trinajstić information content (AvgIpc) is 2.82. The fourth-order valence-electron chi connectivity index (χ4n) is 2.03. The summed E-state index contributed by atoms with van der Waals surface area (Å²) in [5.41, 5.74) is 3.54. The van der Waals surface area contributed by atoms with Crippen molar-refractivity contribution in [3.63, 3.8) is 0 Å². The van der Waals surface area contributed by atoms with Crippen LogP contribution >= 0.6 is 11.3 Å². The smallest absolute Gasteiger partial charge is 0.0898 e. The predicted molar refractivity (Wildman–Crippen MR) is 85.2 cm³/mol. The van der Waals surface area contributed by atoms with Crippen LogP contribution in [0.3, 0.4) is 0 Å². The van der Waals surface area contributed by atoms with Crippen LogP contribution in [-0.2, 0) is 13.1 Å². The second-order valence-corrected chi connectivity index (χ2v) is 6.32. The molecule has 1 N–H and O–H groups in total. The van der Waals surface area contributed by atoms with Crippen LogP contribution in [0.15, 0.2) is 23.8 Å². The van der Waals surface area contributed by atoms with E-state index in [-0.39, 0.29) is 0 Å². The van der Waals surface area contributed by atoms with Crippen molar-refractivity contribution in [1.29, 1.82) is 0 Å². The third-order valence-corrected chi connectivity index (χ3v) is 3.89. The summed E-state index contributed by atoms with van der Waals surface area (Å²) in [6, 6.07) is 2.55. The summed E-state index contributed by atoms with van der Waals surface area (Å²) >= 11 is 1.69. The zero-order valence-corrected chi connectivity index (χ0v) is 13.4. The maximum Gasteiger partial charge on any atom is 0.0898 e. The highest BCUT2D eigenvalue weighted by Crippen LogP contribution is 2.20. The molecule has 0 amide bonds. The Morgan fingerprint density at radius 1 is 1.40 bits per heavy atom. The predicted octanol–water partition coefficient (Wildman–Crippen LogP) is 2.98. The Bertz CT molecular complexity index is 550. The average molecular weight is 290 g/mol. The molecular weight excluding hydrogens is 268 g/mol. The fraction of sp³-hybridized carbons (Fsp3) is 0.467. The van der Waals surface area contributed by atoms with Crippen LogP contribution in [0.2, 0.25) is 0 Å². The van der Waals surface area contributed by atoms with Gasteiger partial charge >= 0.3 is 0 Å². The van der Waals surface area contributed by atoms with Crippen molar-refractivity contribution in [2.45, 2.75) is 39.9 Å². The zero-order chi connectivity index (χ0) is 14.5. The Kier molecular flexibility index (Phi) is 5.09. The van der Waals surface area contributed by atoms with E-state index >= 15 is 0 Å². The Morgan fingerprint density at radius 2 is 2.20 bits per heavy atom. The van der Waals surface area contributed by atoms with Gasteiger partial charge in [-0.1, -0.05) is 13.8 Å². The van der Waals surface area contributed by atoms with Gasteiger partial charge in [0.25, 0.3) is 0 Å². The Hall–Kier alpha value is -1.46.